The fourth-order valence-electron chi connectivity index (χ4n) is 3.65. The van der Waals surface area contributed by atoms with Crippen LogP contribution in [0, 0.1) is 11.8 Å². The second kappa shape index (κ2) is 7.88. The molecule has 0 spiro atoms. The van der Waals surface area contributed by atoms with Crippen molar-refractivity contribution in [2.75, 3.05) is 19.7 Å². The maximum absolute atomic E-state index is 12.4. The molecule has 1 aliphatic heterocycles. The monoisotopic (exact) mass is 267 g/mol. The summed E-state index contributed by atoms with van der Waals surface area (Å²) in [5, 5.41) is 9.03. The minimum atomic E-state index is 0.259. The molecule has 0 aromatic carbocycles. The maximum Gasteiger partial charge on any atom is 0.222 e. The molecule has 3 heteroatoms. The summed E-state index contributed by atoms with van der Waals surface area (Å²) in [5.41, 5.74) is 0. The van der Waals surface area contributed by atoms with Crippen LogP contribution in [0.1, 0.15) is 64.2 Å². The molecule has 1 heterocycles. The molecule has 19 heavy (non-hydrogen) atoms. The van der Waals surface area contributed by atoms with Crippen molar-refractivity contribution < 1.29 is 9.90 Å². The van der Waals surface area contributed by atoms with Gasteiger partial charge in [-0.1, -0.05) is 25.7 Å². The lowest BCUT2D eigenvalue weighted by Gasteiger charge is -2.33. The lowest BCUT2D eigenvalue weighted by Crippen LogP contribution is -2.40. The highest BCUT2D eigenvalue weighted by Crippen LogP contribution is 2.27. The first-order chi connectivity index (χ1) is 9.29. The van der Waals surface area contributed by atoms with E-state index < -0.39 is 0 Å². The van der Waals surface area contributed by atoms with E-state index in [0.29, 0.717) is 17.7 Å². The highest BCUT2D eigenvalue weighted by molar-refractivity contribution is 5.76. The summed E-state index contributed by atoms with van der Waals surface area (Å²) in [7, 11) is 0. The molecular formula is C16H29NO2. The van der Waals surface area contributed by atoms with Gasteiger partial charge in [-0.2, -0.15) is 0 Å². The molecule has 2 fully saturated rings. The third kappa shape index (κ3) is 4.79. The van der Waals surface area contributed by atoms with E-state index in [0.717, 1.165) is 32.4 Å². The van der Waals surface area contributed by atoms with Gasteiger partial charge in [0.15, 0.2) is 0 Å². The first-order valence-corrected chi connectivity index (χ1v) is 8.18. The number of hydrogen-bond acceptors (Lipinski definition) is 2. The minimum Gasteiger partial charge on any atom is -0.396 e. The summed E-state index contributed by atoms with van der Waals surface area (Å²) >= 11 is 0. The van der Waals surface area contributed by atoms with Gasteiger partial charge in [-0.05, 0) is 43.9 Å². The molecule has 0 bridgehead atoms. The number of carbonyl (C=O) groups is 1. The van der Waals surface area contributed by atoms with Crippen LogP contribution in [0.25, 0.3) is 0 Å². The molecule has 1 unspecified atom stereocenters. The summed E-state index contributed by atoms with van der Waals surface area (Å²) in [5.74, 6) is 1.53. The Balaban J connectivity index is 1.78. The smallest absolute Gasteiger partial charge is 0.222 e. The Morgan fingerprint density at radius 3 is 2.37 bits per heavy atom. The molecule has 0 radical (unpaired) electrons. The van der Waals surface area contributed by atoms with E-state index in [4.69, 9.17) is 5.11 Å². The van der Waals surface area contributed by atoms with Crippen molar-refractivity contribution in [2.24, 2.45) is 11.8 Å². The Kier molecular flexibility index (Phi) is 6.15. The number of aliphatic hydroxyl groups excluding tert-OH is 1. The number of carbonyl (C=O) groups excluding carboxylic acids is 1. The van der Waals surface area contributed by atoms with Crippen LogP contribution < -0.4 is 0 Å². The molecule has 1 atom stereocenters. The van der Waals surface area contributed by atoms with Gasteiger partial charge >= 0.3 is 0 Å². The number of amides is 1. The van der Waals surface area contributed by atoms with Crippen molar-refractivity contribution in [3.63, 3.8) is 0 Å². The number of nitrogens with zero attached hydrogens (tertiary/aromatic N) is 1. The zero-order chi connectivity index (χ0) is 13.5. The van der Waals surface area contributed by atoms with Crippen LogP contribution in [0.15, 0.2) is 0 Å². The highest BCUT2D eigenvalue weighted by atomic mass is 16.3. The Labute approximate surface area is 117 Å². The molecule has 3 nitrogen and oxygen atoms in total. The molecule has 1 amide bonds. The number of piperidine rings is 1. The van der Waals surface area contributed by atoms with Crippen molar-refractivity contribution in [1.29, 1.82) is 0 Å². The molecular weight excluding hydrogens is 238 g/mol. The SMILES string of the molecule is O=C(CC1CCCCCC1)N1CCCC(CCO)C1. The highest BCUT2D eigenvalue weighted by Gasteiger charge is 2.25. The Morgan fingerprint density at radius 1 is 1.00 bits per heavy atom. The van der Waals surface area contributed by atoms with E-state index >= 15 is 0 Å². The molecule has 2 rings (SSSR count). The molecule has 110 valence electrons. The molecule has 1 N–H and O–H groups in total. The summed E-state index contributed by atoms with van der Waals surface area (Å²) in [4.78, 5) is 14.5. The average molecular weight is 267 g/mol. The van der Waals surface area contributed by atoms with Gasteiger partial charge in [-0.25, -0.2) is 0 Å². The minimum absolute atomic E-state index is 0.259. The molecule has 1 saturated carbocycles. The Hall–Kier alpha value is -0.570. The van der Waals surface area contributed by atoms with E-state index in [1.807, 2.05) is 0 Å². The zero-order valence-electron chi connectivity index (χ0n) is 12.1. The van der Waals surface area contributed by atoms with Crippen molar-refractivity contribution in [1.82, 2.24) is 4.90 Å². The van der Waals surface area contributed by atoms with Gasteiger partial charge in [0.25, 0.3) is 0 Å². The van der Waals surface area contributed by atoms with Gasteiger partial charge in [0.1, 0.15) is 0 Å². The van der Waals surface area contributed by atoms with E-state index in [1.165, 1.54) is 44.9 Å². The average Bonchev–Trinajstić information content (AvgIpc) is 2.68. The quantitative estimate of drug-likeness (QED) is 0.796. The van der Waals surface area contributed by atoms with Crippen LogP contribution >= 0.6 is 0 Å². The largest absolute Gasteiger partial charge is 0.396 e. The fourth-order valence-corrected chi connectivity index (χ4v) is 3.65. The number of likely N-dealkylation sites (tertiary alicyclic amines) is 1. The predicted molar refractivity (Wildman–Crippen MR) is 76.8 cm³/mol. The third-order valence-corrected chi connectivity index (χ3v) is 4.85. The zero-order valence-corrected chi connectivity index (χ0v) is 12.1. The lowest BCUT2D eigenvalue weighted by atomic mass is 9.92. The molecule has 0 aromatic heterocycles. The molecule has 0 aromatic rings. The van der Waals surface area contributed by atoms with Crippen LogP contribution in [0.4, 0.5) is 0 Å². The summed E-state index contributed by atoms with van der Waals surface area (Å²) in [6.07, 6.45) is 11.7. The van der Waals surface area contributed by atoms with Gasteiger partial charge in [-0.15, -0.1) is 0 Å². The van der Waals surface area contributed by atoms with Crippen LogP contribution in [0.3, 0.4) is 0 Å². The summed E-state index contributed by atoms with van der Waals surface area (Å²) in [6.45, 7) is 2.08. The van der Waals surface area contributed by atoms with Gasteiger partial charge in [0.05, 0.1) is 0 Å². The number of hydrogen-bond donors (Lipinski definition) is 1. The van der Waals surface area contributed by atoms with E-state index in [9.17, 15) is 4.79 Å². The third-order valence-electron chi connectivity index (χ3n) is 4.85. The first-order valence-electron chi connectivity index (χ1n) is 8.18. The van der Waals surface area contributed by atoms with E-state index in [2.05, 4.69) is 4.90 Å². The molecule has 2 aliphatic rings. The van der Waals surface area contributed by atoms with Gasteiger partial charge in [-0.3, -0.25) is 4.79 Å². The van der Waals surface area contributed by atoms with Gasteiger partial charge < -0.3 is 10.0 Å². The van der Waals surface area contributed by atoms with Crippen LogP contribution in [0.2, 0.25) is 0 Å². The maximum atomic E-state index is 12.4. The normalized spacial score (nSPS) is 26.2. The van der Waals surface area contributed by atoms with E-state index in [-0.39, 0.29) is 6.61 Å². The standard InChI is InChI=1S/C16H29NO2/c18-11-9-15-8-5-10-17(13-15)16(19)12-14-6-3-1-2-4-7-14/h14-15,18H,1-13H2. The predicted octanol–water partition coefficient (Wildman–Crippen LogP) is 2.97. The first kappa shape index (κ1) is 14.8. The molecule has 1 saturated heterocycles. The van der Waals surface area contributed by atoms with E-state index in [1.54, 1.807) is 0 Å². The van der Waals surface area contributed by atoms with Crippen LogP contribution in [-0.4, -0.2) is 35.6 Å². The Bertz CT molecular complexity index is 270. The van der Waals surface area contributed by atoms with Crippen molar-refractivity contribution >= 4 is 5.91 Å². The topological polar surface area (TPSA) is 40.5 Å². The van der Waals surface area contributed by atoms with Crippen molar-refractivity contribution in [3.05, 3.63) is 0 Å². The fraction of sp³-hybridized carbons (Fsp3) is 0.938. The molecule has 1 aliphatic carbocycles. The number of rotatable bonds is 4. The van der Waals surface area contributed by atoms with Crippen LogP contribution in [-0.2, 0) is 4.79 Å². The second-order valence-electron chi connectivity index (χ2n) is 6.42. The number of aliphatic hydroxyl groups is 1. The van der Waals surface area contributed by atoms with Crippen molar-refractivity contribution in [2.45, 2.75) is 64.2 Å². The summed E-state index contributed by atoms with van der Waals surface area (Å²) < 4.78 is 0. The Morgan fingerprint density at radius 2 is 1.68 bits per heavy atom. The van der Waals surface area contributed by atoms with Crippen molar-refractivity contribution in [3.8, 4) is 0 Å². The van der Waals surface area contributed by atoms with Gasteiger partial charge in [0, 0.05) is 26.1 Å². The van der Waals surface area contributed by atoms with Gasteiger partial charge in [0.2, 0.25) is 5.91 Å². The second-order valence-corrected chi connectivity index (χ2v) is 6.42. The lowest BCUT2D eigenvalue weighted by molar-refractivity contribution is -0.134. The van der Waals surface area contributed by atoms with Crippen LogP contribution in [0.5, 0.6) is 0 Å². The summed E-state index contributed by atoms with van der Waals surface area (Å²) in [6, 6.07) is 0.